The molecule has 0 unspecified atom stereocenters. The van der Waals surface area contributed by atoms with Gasteiger partial charge in [-0.1, -0.05) is 0 Å². The Morgan fingerprint density at radius 2 is 0.400 bits per heavy atom. The minimum Gasteiger partial charge on any atom is -0.412 e. The Bertz CT molecular complexity index is 115. The van der Waals surface area contributed by atoms with Crippen molar-refractivity contribution in [2.45, 2.75) is 0 Å². The molecule has 0 aromatic rings. The van der Waals surface area contributed by atoms with Crippen LogP contribution in [0.3, 0.4) is 0 Å². The molecule has 0 bridgehead atoms. The van der Waals surface area contributed by atoms with Gasteiger partial charge in [0.25, 0.3) is 0 Å². The fourth-order valence-electron chi connectivity index (χ4n) is 0. The van der Waals surface area contributed by atoms with Crippen molar-refractivity contribution in [2.24, 2.45) is 0 Å². The van der Waals surface area contributed by atoms with Crippen molar-refractivity contribution >= 4 is 0 Å². The molecule has 20 heteroatoms. The normalized spacial score (nSPS) is 3.60. The fourth-order valence-corrected chi connectivity index (χ4v) is 0. The summed E-state index contributed by atoms with van der Waals surface area (Å²) in [7, 11) is 0. The van der Waals surface area contributed by atoms with Gasteiger partial charge >= 0.3 is 35.6 Å². The molecule has 0 saturated carbocycles. The zero-order valence-electron chi connectivity index (χ0n) is 9.09. The van der Waals surface area contributed by atoms with Crippen LogP contribution in [0.5, 0.6) is 0 Å². The molecule has 0 aromatic carbocycles. The molecule has 128 valence electrons. The number of nitrogens with zero attached hydrogens (tertiary/aromatic N) is 3. The second-order valence-electron chi connectivity index (χ2n) is 0.671. The Hall–Kier alpha value is -1.49. The van der Waals surface area contributed by atoms with Gasteiger partial charge in [0.05, 0.1) is 15.3 Å². The maximum absolute atomic E-state index is 8.25. The van der Waals surface area contributed by atoms with Crippen LogP contribution in [0.4, 0.5) is 0 Å². The topological polar surface area (TPSA) is 419 Å². The van der Waals surface area contributed by atoms with Gasteiger partial charge < -0.3 is 84.3 Å². The molecule has 20 heavy (non-hydrogen) atoms. The van der Waals surface area contributed by atoms with Crippen molar-refractivity contribution in [1.29, 1.82) is 0 Å². The molecule has 0 aliphatic heterocycles. The van der Waals surface area contributed by atoms with Crippen LogP contribution in [-0.4, -0.2) is 53.6 Å². The zero-order valence-corrected chi connectivity index (χ0v) is 12.7. The van der Waals surface area contributed by atoms with Gasteiger partial charge in [-0.2, -0.15) is 0 Å². The molecule has 0 spiro atoms. The summed E-state index contributed by atoms with van der Waals surface area (Å²) in [5.41, 5.74) is 0. The summed E-state index contributed by atoms with van der Waals surface area (Å²) in [5.74, 6) is 0. The van der Waals surface area contributed by atoms with E-state index in [1.54, 1.807) is 0 Å². The Morgan fingerprint density at radius 3 is 0.400 bits per heavy atom. The van der Waals surface area contributed by atoms with Gasteiger partial charge in [-0.3, -0.25) is 0 Å². The Labute approximate surface area is 135 Å². The number of hydrogen-bond acceptors (Lipinski definition) is 9. The summed E-state index contributed by atoms with van der Waals surface area (Å²) in [4.78, 5) is 24.8. The van der Waals surface area contributed by atoms with Crippen LogP contribution in [-0.2, 0) is 0 Å². The van der Waals surface area contributed by atoms with E-state index < -0.39 is 15.3 Å². The first kappa shape index (κ1) is 101. The molecule has 0 aliphatic carbocycles. The van der Waals surface area contributed by atoms with E-state index in [2.05, 4.69) is 0 Å². The van der Waals surface area contributed by atoms with Crippen molar-refractivity contribution in [3.8, 4) is 0 Å². The van der Waals surface area contributed by atoms with Gasteiger partial charge in [0.1, 0.15) is 0 Å². The predicted octanol–water partition coefficient (Wildman–Crippen LogP) is -6.49. The first-order valence-corrected chi connectivity index (χ1v) is 1.64. The van der Waals surface area contributed by atoms with E-state index in [4.69, 9.17) is 46.0 Å². The smallest absolute Gasteiger partial charge is 0.412 e. The van der Waals surface area contributed by atoms with Gasteiger partial charge in [0, 0.05) is 0 Å². The molecule has 0 fully saturated rings. The molecule has 0 amide bonds. The quantitative estimate of drug-likeness (QED) is 0.249. The van der Waals surface area contributed by atoms with Crippen LogP contribution in [0.2, 0.25) is 0 Å². The third-order valence-electron chi connectivity index (χ3n) is 0. The van der Waals surface area contributed by atoms with E-state index in [-0.39, 0.29) is 73.9 Å². The molecular weight excluding hydrogens is 437 g/mol. The molecule has 0 aliphatic rings. The molecule has 0 heterocycles. The molecule has 0 radical (unpaired) electrons. The summed E-state index contributed by atoms with van der Waals surface area (Å²) in [6, 6.07) is 0. The summed E-state index contributed by atoms with van der Waals surface area (Å²) >= 11 is 0. The average Bonchev–Trinajstić information content (AvgIpc) is 1.54. The average molecular weight is 451 g/mol. The maximum atomic E-state index is 8.25. The zero-order chi connectivity index (χ0) is 10.7. The minimum atomic E-state index is -1.75. The molecule has 0 rings (SSSR count). The maximum Gasteiger partial charge on any atom is 3.00 e. The van der Waals surface area contributed by atoms with Gasteiger partial charge in [-0.15, -0.1) is 0 Å². The number of hydrogen-bond donors (Lipinski definition) is 0. The van der Waals surface area contributed by atoms with Crippen molar-refractivity contribution in [3.05, 3.63) is 46.0 Å². The van der Waals surface area contributed by atoms with E-state index >= 15 is 0 Å². The van der Waals surface area contributed by atoms with E-state index in [9.17, 15) is 0 Å². The third-order valence-corrected chi connectivity index (χ3v) is 0. The molecular formula is H14LaN3O16. The Kier molecular flexibility index (Phi) is 425. The van der Waals surface area contributed by atoms with Gasteiger partial charge in [0.15, 0.2) is 0 Å². The first-order valence-electron chi connectivity index (χ1n) is 1.64. The van der Waals surface area contributed by atoms with Crippen LogP contribution in [0.1, 0.15) is 0 Å². The minimum absolute atomic E-state index is 0. The predicted molar refractivity (Wildman–Crippen MR) is 56.4 cm³/mol. The van der Waals surface area contributed by atoms with E-state index in [1.165, 1.54) is 0 Å². The SMILES string of the molecule is O.O.O.O.O.O.O.O=[N+]([O-])[O-].O=[N+]([O-])[O-].O=[N+]([O-])[O-].[La+3]. The van der Waals surface area contributed by atoms with Crippen molar-refractivity contribution < 1.29 is 89.2 Å². The van der Waals surface area contributed by atoms with Crippen LogP contribution >= 0.6 is 0 Å². The summed E-state index contributed by atoms with van der Waals surface area (Å²) in [6.07, 6.45) is 0. The van der Waals surface area contributed by atoms with Gasteiger partial charge in [0.2, 0.25) is 0 Å². The molecule has 0 saturated heterocycles. The summed E-state index contributed by atoms with van der Waals surface area (Å²) < 4.78 is 0. The molecule has 19 nitrogen and oxygen atoms in total. The third kappa shape index (κ3) is 1800. The monoisotopic (exact) mass is 451 g/mol. The number of rotatable bonds is 0. The van der Waals surface area contributed by atoms with Crippen LogP contribution in [0.25, 0.3) is 0 Å². The van der Waals surface area contributed by atoms with Gasteiger partial charge in [-0.25, -0.2) is 0 Å². The molecule has 14 N–H and O–H groups in total. The molecule has 0 aromatic heterocycles. The second-order valence-corrected chi connectivity index (χ2v) is 0.671. The fraction of sp³-hybridized carbons (Fsp3) is 0. The van der Waals surface area contributed by atoms with Crippen molar-refractivity contribution in [1.82, 2.24) is 0 Å². The van der Waals surface area contributed by atoms with E-state index in [0.717, 1.165) is 0 Å². The van der Waals surface area contributed by atoms with E-state index in [0.29, 0.717) is 0 Å². The van der Waals surface area contributed by atoms with Crippen LogP contribution in [0, 0.1) is 81.6 Å². The van der Waals surface area contributed by atoms with Gasteiger partial charge in [-0.05, 0) is 0 Å². The Morgan fingerprint density at radius 1 is 0.400 bits per heavy atom. The van der Waals surface area contributed by atoms with Crippen molar-refractivity contribution in [2.75, 3.05) is 0 Å². The Balaban J connectivity index is -0.00000000562. The first-order chi connectivity index (χ1) is 5.20. The van der Waals surface area contributed by atoms with E-state index in [1.807, 2.05) is 0 Å². The second kappa shape index (κ2) is 84.6. The summed E-state index contributed by atoms with van der Waals surface area (Å²) in [6.45, 7) is 0. The van der Waals surface area contributed by atoms with Crippen LogP contribution < -0.4 is 0 Å². The van der Waals surface area contributed by atoms with Crippen LogP contribution in [0.15, 0.2) is 0 Å². The largest absolute Gasteiger partial charge is 3.00 e. The summed E-state index contributed by atoms with van der Waals surface area (Å²) in [5, 5.41) is 44.2. The molecule has 0 atom stereocenters. The van der Waals surface area contributed by atoms with Crippen molar-refractivity contribution in [3.63, 3.8) is 0 Å². The standard InChI is InChI=1S/La.3NO3.7H2O/c;3*2-1(3)4;;;;;;;/h;;;;7*1H2/q+3;3*-1;;;;;;;.